The number of amides is 1. The van der Waals surface area contributed by atoms with Crippen LogP contribution in [0.15, 0.2) is 0 Å². The molecule has 1 amide bonds. The van der Waals surface area contributed by atoms with E-state index >= 15 is 0 Å². The van der Waals surface area contributed by atoms with E-state index < -0.39 is 0 Å². The summed E-state index contributed by atoms with van der Waals surface area (Å²) in [4.78, 5) is 12.0. The Kier molecular flexibility index (Phi) is 5.50. The van der Waals surface area contributed by atoms with E-state index in [1.54, 1.807) is 0 Å². The summed E-state index contributed by atoms with van der Waals surface area (Å²) in [6.07, 6.45) is 10.2. The fraction of sp³-hybridized carbons (Fsp3) is 0.786. The lowest BCUT2D eigenvalue weighted by molar-refractivity contribution is -0.126. The minimum Gasteiger partial charge on any atom is -0.355 e. The van der Waals surface area contributed by atoms with Gasteiger partial charge in [-0.2, -0.15) is 0 Å². The maximum absolute atomic E-state index is 12.0. The molecule has 1 aliphatic rings. The Hall–Kier alpha value is -1.01. The molecule has 0 aromatic carbocycles. The maximum atomic E-state index is 12.0. The minimum absolute atomic E-state index is 0.0520. The van der Waals surface area contributed by atoms with E-state index in [-0.39, 0.29) is 17.4 Å². The topological polar surface area (TPSA) is 41.1 Å². The molecular weight excluding hydrogens is 212 g/mol. The van der Waals surface area contributed by atoms with Crippen LogP contribution in [0.2, 0.25) is 0 Å². The van der Waals surface area contributed by atoms with Gasteiger partial charge in [-0.05, 0) is 37.6 Å². The van der Waals surface area contributed by atoms with Crippen LogP contribution in [0.25, 0.3) is 0 Å². The van der Waals surface area contributed by atoms with Crippen molar-refractivity contribution in [2.45, 2.75) is 52.0 Å². The number of piperidine rings is 1. The average molecular weight is 236 g/mol. The van der Waals surface area contributed by atoms with Crippen molar-refractivity contribution in [3.8, 4) is 12.3 Å². The quantitative estimate of drug-likeness (QED) is 0.563. The van der Waals surface area contributed by atoms with Gasteiger partial charge in [0.25, 0.3) is 0 Å². The van der Waals surface area contributed by atoms with Gasteiger partial charge in [0, 0.05) is 13.0 Å². The van der Waals surface area contributed by atoms with Gasteiger partial charge in [-0.1, -0.05) is 13.8 Å². The molecule has 0 bridgehead atoms. The van der Waals surface area contributed by atoms with Gasteiger partial charge in [0.1, 0.15) is 0 Å². The second kappa shape index (κ2) is 6.66. The summed E-state index contributed by atoms with van der Waals surface area (Å²) in [5.74, 6) is 2.74. The summed E-state index contributed by atoms with van der Waals surface area (Å²) < 4.78 is 0. The fourth-order valence-corrected chi connectivity index (χ4v) is 2.32. The van der Waals surface area contributed by atoms with E-state index in [1.807, 2.05) is 0 Å². The van der Waals surface area contributed by atoms with Crippen LogP contribution in [0.1, 0.15) is 46.0 Å². The molecule has 1 saturated heterocycles. The Morgan fingerprint density at radius 2 is 2.29 bits per heavy atom. The highest BCUT2D eigenvalue weighted by Gasteiger charge is 2.36. The summed E-state index contributed by atoms with van der Waals surface area (Å²) in [6.45, 7) is 5.98. The van der Waals surface area contributed by atoms with E-state index in [0.29, 0.717) is 0 Å². The van der Waals surface area contributed by atoms with E-state index in [9.17, 15) is 4.79 Å². The van der Waals surface area contributed by atoms with Gasteiger partial charge in [-0.3, -0.25) is 4.79 Å². The third kappa shape index (κ3) is 4.40. The lowest BCUT2D eigenvalue weighted by atomic mass is 9.77. The van der Waals surface area contributed by atoms with E-state index in [1.165, 1.54) is 0 Å². The number of carbonyl (C=O) groups excluding carboxylic acids is 1. The Morgan fingerprint density at radius 3 is 2.94 bits per heavy atom. The molecule has 2 N–H and O–H groups in total. The molecule has 3 heteroatoms. The standard InChI is InChI=1S/C14H24N2O/c1-4-5-6-7-10-16-13(17)12-14(2,3)9-8-11-15-12/h1,12,15H,5-11H2,2-3H3,(H,16,17). The monoisotopic (exact) mass is 236 g/mol. The number of carbonyl (C=O) groups is 1. The zero-order valence-electron chi connectivity index (χ0n) is 11.0. The van der Waals surface area contributed by atoms with Crippen LogP contribution in [0.3, 0.4) is 0 Å². The second-order valence-electron chi connectivity index (χ2n) is 5.43. The van der Waals surface area contributed by atoms with Gasteiger partial charge in [0.2, 0.25) is 5.91 Å². The SMILES string of the molecule is C#CCCCCNC(=O)C1NCCCC1(C)C. The highest BCUT2D eigenvalue weighted by Crippen LogP contribution is 2.29. The van der Waals surface area contributed by atoms with Gasteiger partial charge < -0.3 is 10.6 Å². The molecule has 1 unspecified atom stereocenters. The van der Waals surface area contributed by atoms with Crippen molar-refractivity contribution in [1.29, 1.82) is 0 Å². The Morgan fingerprint density at radius 1 is 1.53 bits per heavy atom. The van der Waals surface area contributed by atoms with Gasteiger partial charge >= 0.3 is 0 Å². The highest BCUT2D eigenvalue weighted by atomic mass is 16.2. The van der Waals surface area contributed by atoms with Gasteiger partial charge in [0.05, 0.1) is 6.04 Å². The van der Waals surface area contributed by atoms with Crippen molar-refractivity contribution in [2.24, 2.45) is 5.41 Å². The summed E-state index contributed by atoms with van der Waals surface area (Å²) in [7, 11) is 0. The Balaban J connectivity index is 2.29. The molecule has 3 nitrogen and oxygen atoms in total. The molecule has 1 rings (SSSR count). The number of nitrogens with one attached hydrogen (secondary N) is 2. The number of unbranched alkanes of at least 4 members (excludes halogenated alkanes) is 2. The third-order valence-corrected chi connectivity index (χ3v) is 3.44. The zero-order valence-corrected chi connectivity index (χ0v) is 11.0. The molecule has 0 radical (unpaired) electrons. The Bertz CT molecular complexity index is 291. The first-order chi connectivity index (χ1) is 8.08. The van der Waals surface area contributed by atoms with E-state index in [2.05, 4.69) is 30.4 Å². The van der Waals surface area contributed by atoms with Crippen molar-refractivity contribution in [2.75, 3.05) is 13.1 Å². The van der Waals surface area contributed by atoms with Crippen LogP contribution in [0.4, 0.5) is 0 Å². The van der Waals surface area contributed by atoms with Crippen LogP contribution in [0.5, 0.6) is 0 Å². The molecular formula is C14H24N2O. The minimum atomic E-state index is -0.0520. The van der Waals surface area contributed by atoms with Crippen molar-refractivity contribution in [3.63, 3.8) is 0 Å². The largest absolute Gasteiger partial charge is 0.355 e. The molecule has 96 valence electrons. The summed E-state index contributed by atoms with van der Waals surface area (Å²) in [5, 5.41) is 6.31. The van der Waals surface area contributed by atoms with E-state index in [0.717, 1.165) is 45.2 Å². The van der Waals surface area contributed by atoms with Crippen LogP contribution in [-0.2, 0) is 4.79 Å². The molecule has 17 heavy (non-hydrogen) atoms. The number of rotatable bonds is 5. The zero-order chi connectivity index (χ0) is 12.7. The van der Waals surface area contributed by atoms with Crippen molar-refractivity contribution < 1.29 is 4.79 Å². The second-order valence-corrected chi connectivity index (χ2v) is 5.43. The molecule has 1 fully saturated rings. The van der Waals surface area contributed by atoms with Crippen LogP contribution in [-0.4, -0.2) is 25.0 Å². The molecule has 0 saturated carbocycles. The Labute approximate surface area is 105 Å². The smallest absolute Gasteiger partial charge is 0.237 e. The van der Waals surface area contributed by atoms with Crippen LogP contribution < -0.4 is 10.6 Å². The van der Waals surface area contributed by atoms with Gasteiger partial charge in [0.15, 0.2) is 0 Å². The molecule has 0 aromatic rings. The number of hydrogen-bond acceptors (Lipinski definition) is 2. The van der Waals surface area contributed by atoms with Crippen molar-refractivity contribution in [1.82, 2.24) is 10.6 Å². The average Bonchev–Trinajstić information content (AvgIpc) is 2.28. The molecule has 1 aliphatic heterocycles. The van der Waals surface area contributed by atoms with Crippen LogP contribution >= 0.6 is 0 Å². The lowest BCUT2D eigenvalue weighted by Crippen LogP contribution is -2.55. The third-order valence-electron chi connectivity index (χ3n) is 3.44. The summed E-state index contributed by atoms with van der Waals surface area (Å²) in [6, 6.07) is -0.0520. The first-order valence-electron chi connectivity index (χ1n) is 6.52. The molecule has 1 atom stereocenters. The predicted molar refractivity (Wildman–Crippen MR) is 70.5 cm³/mol. The predicted octanol–water partition coefficient (Wildman–Crippen LogP) is 1.68. The van der Waals surface area contributed by atoms with E-state index in [4.69, 9.17) is 6.42 Å². The maximum Gasteiger partial charge on any atom is 0.237 e. The molecule has 0 aliphatic carbocycles. The van der Waals surface area contributed by atoms with Crippen molar-refractivity contribution >= 4 is 5.91 Å². The lowest BCUT2D eigenvalue weighted by Gasteiger charge is -2.38. The molecule has 0 aromatic heterocycles. The number of hydrogen-bond donors (Lipinski definition) is 2. The van der Waals surface area contributed by atoms with Crippen LogP contribution in [0, 0.1) is 17.8 Å². The first kappa shape index (κ1) is 14.1. The normalized spacial score (nSPS) is 22.8. The fourth-order valence-electron chi connectivity index (χ4n) is 2.32. The first-order valence-corrected chi connectivity index (χ1v) is 6.52. The van der Waals surface area contributed by atoms with Gasteiger partial charge in [-0.25, -0.2) is 0 Å². The molecule has 0 spiro atoms. The highest BCUT2D eigenvalue weighted by molar-refractivity contribution is 5.82. The van der Waals surface area contributed by atoms with Crippen molar-refractivity contribution in [3.05, 3.63) is 0 Å². The molecule has 1 heterocycles. The summed E-state index contributed by atoms with van der Waals surface area (Å²) >= 11 is 0. The summed E-state index contributed by atoms with van der Waals surface area (Å²) in [5.41, 5.74) is 0.0567. The van der Waals surface area contributed by atoms with Gasteiger partial charge in [-0.15, -0.1) is 12.3 Å². The number of terminal acetylenes is 1.